The molecule has 2 aliphatic rings. The molecule has 0 aliphatic heterocycles. The number of amides is 1. The zero-order valence-corrected chi connectivity index (χ0v) is 11.7. The smallest absolute Gasteiger partial charge is 0.220 e. The average molecular weight is 252 g/mol. The molecule has 0 radical (unpaired) electrons. The maximum Gasteiger partial charge on any atom is 0.220 e. The van der Waals surface area contributed by atoms with Gasteiger partial charge in [-0.2, -0.15) is 0 Å². The molecule has 1 amide bonds. The van der Waals surface area contributed by atoms with Crippen molar-refractivity contribution in [2.75, 3.05) is 13.1 Å². The highest BCUT2D eigenvalue weighted by atomic mass is 16.1. The molecule has 1 atom stereocenters. The molecule has 0 aromatic heterocycles. The van der Waals surface area contributed by atoms with Gasteiger partial charge in [-0.3, -0.25) is 4.79 Å². The molecule has 1 unspecified atom stereocenters. The van der Waals surface area contributed by atoms with Gasteiger partial charge in [0.2, 0.25) is 5.91 Å². The van der Waals surface area contributed by atoms with Gasteiger partial charge >= 0.3 is 0 Å². The lowest BCUT2D eigenvalue weighted by atomic mass is 9.71. The van der Waals surface area contributed by atoms with Crippen LogP contribution in [0.25, 0.3) is 0 Å². The highest BCUT2D eigenvalue weighted by Gasteiger charge is 2.33. The molecule has 0 aromatic rings. The molecule has 3 nitrogen and oxygen atoms in total. The van der Waals surface area contributed by atoms with E-state index in [4.69, 9.17) is 5.73 Å². The second-order valence-corrected chi connectivity index (χ2v) is 6.56. The summed E-state index contributed by atoms with van der Waals surface area (Å²) in [7, 11) is 0. The van der Waals surface area contributed by atoms with Crippen LogP contribution in [-0.4, -0.2) is 19.0 Å². The van der Waals surface area contributed by atoms with Crippen molar-refractivity contribution in [2.45, 2.75) is 58.3 Å². The summed E-state index contributed by atoms with van der Waals surface area (Å²) in [5.41, 5.74) is 6.02. The van der Waals surface area contributed by atoms with E-state index < -0.39 is 0 Å². The largest absolute Gasteiger partial charge is 0.356 e. The molecular weight excluding hydrogens is 224 g/mol. The molecule has 2 fully saturated rings. The van der Waals surface area contributed by atoms with E-state index in [2.05, 4.69) is 12.2 Å². The van der Waals surface area contributed by atoms with Gasteiger partial charge < -0.3 is 11.1 Å². The monoisotopic (exact) mass is 252 g/mol. The summed E-state index contributed by atoms with van der Waals surface area (Å²) in [5, 5.41) is 3.12. The van der Waals surface area contributed by atoms with Gasteiger partial charge in [0.15, 0.2) is 0 Å². The van der Waals surface area contributed by atoms with Gasteiger partial charge in [0.25, 0.3) is 0 Å². The standard InChI is InChI=1S/C15H28N2O/c1-12(13-5-6-13)10-17-14(18)9-15(11-16)7-3-2-4-8-15/h12-13H,2-11,16H2,1H3,(H,17,18). The number of rotatable bonds is 6. The van der Waals surface area contributed by atoms with Crippen LogP contribution in [0.15, 0.2) is 0 Å². The van der Waals surface area contributed by atoms with E-state index in [9.17, 15) is 4.79 Å². The third kappa shape index (κ3) is 3.71. The number of nitrogens with two attached hydrogens (primary N) is 1. The predicted molar refractivity (Wildman–Crippen MR) is 74.1 cm³/mol. The Kier molecular flexibility index (Phi) is 4.66. The molecule has 2 saturated carbocycles. The molecular formula is C15H28N2O. The highest BCUT2D eigenvalue weighted by Crippen LogP contribution is 2.38. The Morgan fingerprint density at radius 1 is 1.33 bits per heavy atom. The number of hydrogen-bond donors (Lipinski definition) is 2. The van der Waals surface area contributed by atoms with Gasteiger partial charge in [0.05, 0.1) is 0 Å². The minimum atomic E-state index is 0.102. The molecule has 2 aliphatic carbocycles. The van der Waals surface area contributed by atoms with E-state index in [-0.39, 0.29) is 11.3 Å². The van der Waals surface area contributed by atoms with Gasteiger partial charge in [0.1, 0.15) is 0 Å². The Morgan fingerprint density at radius 2 is 2.00 bits per heavy atom. The number of carbonyl (C=O) groups is 1. The molecule has 0 saturated heterocycles. The summed E-state index contributed by atoms with van der Waals surface area (Å²) in [6.45, 7) is 3.76. The van der Waals surface area contributed by atoms with Crippen molar-refractivity contribution in [2.24, 2.45) is 23.0 Å². The van der Waals surface area contributed by atoms with Crippen LogP contribution in [0, 0.1) is 17.3 Å². The van der Waals surface area contributed by atoms with E-state index in [1.165, 1.54) is 32.1 Å². The Hall–Kier alpha value is -0.570. The topological polar surface area (TPSA) is 55.1 Å². The third-order valence-corrected chi connectivity index (χ3v) is 4.93. The van der Waals surface area contributed by atoms with Gasteiger partial charge in [-0.05, 0) is 49.5 Å². The van der Waals surface area contributed by atoms with E-state index in [1.807, 2.05) is 0 Å². The lowest BCUT2D eigenvalue weighted by Gasteiger charge is -2.35. The molecule has 2 rings (SSSR count). The van der Waals surface area contributed by atoms with E-state index in [0.29, 0.717) is 18.9 Å². The summed E-state index contributed by atoms with van der Waals surface area (Å²) in [6.07, 6.45) is 9.40. The van der Waals surface area contributed by atoms with Crippen molar-refractivity contribution in [3.63, 3.8) is 0 Å². The van der Waals surface area contributed by atoms with Crippen molar-refractivity contribution in [3.05, 3.63) is 0 Å². The van der Waals surface area contributed by atoms with Crippen LogP contribution in [0.1, 0.15) is 58.3 Å². The minimum Gasteiger partial charge on any atom is -0.356 e. The van der Waals surface area contributed by atoms with Crippen LogP contribution < -0.4 is 11.1 Å². The Labute approximate surface area is 111 Å². The zero-order valence-electron chi connectivity index (χ0n) is 11.7. The second kappa shape index (κ2) is 6.05. The summed E-state index contributed by atoms with van der Waals surface area (Å²) in [4.78, 5) is 12.1. The molecule has 0 spiro atoms. The number of hydrogen-bond acceptors (Lipinski definition) is 2. The number of nitrogens with one attached hydrogen (secondary N) is 1. The Balaban J connectivity index is 1.74. The highest BCUT2D eigenvalue weighted by molar-refractivity contribution is 5.76. The molecule has 18 heavy (non-hydrogen) atoms. The second-order valence-electron chi connectivity index (χ2n) is 6.56. The summed E-state index contributed by atoms with van der Waals surface area (Å²) < 4.78 is 0. The predicted octanol–water partition coefficient (Wildman–Crippen LogP) is 2.45. The first kappa shape index (κ1) is 13.9. The first-order valence-corrected chi connectivity index (χ1v) is 7.62. The van der Waals surface area contributed by atoms with E-state index in [0.717, 1.165) is 25.3 Å². The number of carbonyl (C=O) groups excluding carboxylic acids is 1. The summed E-state index contributed by atoms with van der Waals surface area (Å²) >= 11 is 0. The first-order chi connectivity index (χ1) is 8.65. The van der Waals surface area contributed by atoms with Crippen molar-refractivity contribution >= 4 is 5.91 Å². The summed E-state index contributed by atoms with van der Waals surface area (Å²) in [6, 6.07) is 0. The fourth-order valence-corrected chi connectivity index (χ4v) is 3.26. The average Bonchev–Trinajstić information content (AvgIpc) is 3.21. The maximum atomic E-state index is 12.1. The van der Waals surface area contributed by atoms with Crippen molar-refractivity contribution in [1.29, 1.82) is 0 Å². The van der Waals surface area contributed by atoms with Crippen molar-refractivity contribution in [3.8, 4) is 0 Å². The Morgan fingerprint density at radius 3 is 2.56 bits per heavy atom. The van der Waals surface area contributed by atoms with Crippen LogP contribution in [0.3, 0.4) is 0 Å². The van der Waals surface area contributed by atoms with Gasteiger partial charge in [-0.25, -0.2) is 0 Å². The SMILES string of the molecule is CC(CNC(=O)CC1(CN)CCCCC1)C1CC1. The lowest BCUT2D eigenvalue weighted by Crippen LogP contribution is -2.39. The van der Waals surface area contributed by atoms with Crippen LogP contribution >= 0.6 is 0 Å². The molecule has 0 heterocycles. The van der Waals surface area contributed by atoms with E-state index in [1.54, 1.807) is 0 Å². The first-order valence-electron chi connectivity index (χ1n) is 7.62. The van der Waals surface area contributed by atoms with Gasteiger partial charge in [0, 0.05) is 13.0 Å². The summed E-state index contributed by atoms with van der Waals surface area (Å²) in [5.74, 6) is 1.73. The maximum absolute atomic E-state index is 12.1. The molecule has 3 heteroatoms. The molecule has 0 aromatic carbocycles. The normalized spacial score (nSPS) is 24.6. The zero-order chi connectivity index (χ0) is 13.0. The third-order valence-electron chi connectivity index (χ3n) is 4.93. The van der Waals surface area contributed by atoms with Crippen molar-refractivity contribution < 1.29 is 4.79 Å². The van der Waals surface area contributed by atoms with Crippen molar-refractivity contribution in [1.82, 2.24) is 5.32 Å². The van der Waals surface area contributed by atoms with Crippen LogP contribution in [0.2, 0.25) is 0 Å². The van der Waals surface area contributed by atoms with Crippen LogP contribution in [0.5, 0.6) is 0 Å². The van der Waals surface area contributed by atoms with E-state index >= 15 is 0 Å². The van der Waals surface area contributed by atoms with Crippen LogP contribution in [-0.2, 0) is 4.79 Å². The quantitative estimate of drug-likeness (QED) is 0.763. The molecule has 0 bridgehead atoms. The fraction of sp³-hybridized carbons (Fsp3) is 0.933. The molecule has 3 N–H and O–H groups in total. The van der Waals surface area contributed by atoms with Gasteiger partial charge in [-0.1, -0.05) is 26.2 Å². The lowest BCUT2D eigenvalue weighted by molar-refractivity contribution is -0.124. The molecule has 104 valence electrons. The van der Waals surface area contributed by atoms with Gasteiger partial charge in [-0.15, -0.1) is 0 Å². The Bertz CT molecular complexity index is 280. The fourth-order valence-electron chi connectivity index (χ4n) is 3.26. The minimum absolute atomic E-state index is 0.102. The van der Waals surface area contributed by atoms with Crippen LogP contribution in [0.4, 0.5) is 0 Å².